The van der Waals surface area contributed by atoms with Gasteiger partial charge >= 0.3 is 0 Å². The summed E-state index contributed by atoms with van der Waals surface area (Å²) in [6.07, 6.45) is 4.30. The van der Waals surface area contributed by atoms with Crippen molar-refractivity contribution in [2.24, 2.45) is 0 Å². The van der Waals surface area contributed by atoms with Crippen molar-refractivity contribution in [1.29, 1.82) is 0 Å². The Kier molecular flexibility index (Phi) is 4.22. The topological polar surface area (TPSA) is 24.5 Å². The van der Waals surface area contributed by atoms with Gasteiger partial charge in [0.2, 0.25) is 0 Å². The minimum absolute atomic E-state index is 0.429. The Balaban J connectivity index is 1.86. The molecule has 2 aliphatic rings. The van der Waals surface area contributed by atoms with E-state index in [9.17, 15) is 0 Å². The van der Waals surface area contributed by atoms with Crippen LogP contribution in [0.3, 0.4) is 0 Å². The fourth-order valence-corrected chi connectivity index (χ4v) is 3.12. The molecule has 0 aromatic rings. The molecule has 3 nitrogen and oxygen atoms in total. The maximum absolute atomic E-state index is 5.67. The summed E-state index contributed by atoms with van der Waals surface area (Å²) in [5, 5.41) is 3.67. The molecule has 3 unspecified atom stereocenters. The van der Waals surface area contributed by atoms with E-state index in [0.29, 0.717) is 24.2 Å². The summed E-state index contributed by atoms with van der Waals surface area (Å²) in [6, 6.07) is 1.94. The first-order valence-electron chi connectivity index (χ1n) is 6.78. The van der Waals surface area contributed by atoms with Gasteiger partial charge in [0.05, 0.1) is 6.10 Å². The number of hydrogen-bond donors (Lipinski definition) is 1. The van der Waals surface area contributed by atoms with Crippen molar-refractivity contribution in [3.05, 3.63) is 0 Å². The molecule has 0 aliphatic carbocycles. The third kappa shape index (κ3) is 2.96. The molecule has 0 saturated carbocycles. The summed E-state index contributed by atoms with van der Waals surface area (Å²) >= 11 is 0. The van der Waals surface area contributed by atoms with Crippen LogP contribution in [0.5, 0.6) is 0 Å². The third-order valence-corrected chi connectivity index (χ3v) is 3.83. The first kappa shape index (κ1) is 12.3. The van der Waals surface area contributed by atoms with Gasteiger partial charge in [0.25, 0.3) is 0 Å². The molecule has 2 heterocycles. The lowest BCUT2D eigenvalue weighted by atomic mass is 10.0. The molecule has 0 aromatic heterocycles. The Morgan fingerprint density at radius 1 is 1.31 bits per heavy atom. The molecule has 3 atom stereocenters. The highest BCUT2D eigenvalue weighted by atomic mass is 16.5. The van der Waals surface area contributed by atoms with Crippen molar-refractivity contribution in [2.45, 2.75) is 64.3 Å². The second-order valence-electron chi connectivity index (χ2n) is 5.59. The highest BCUT2D eigenvalue weighted by Gasteiger charge is 2.32. The van der Waals surface area contributed by atoms with Gasteiger partial charge in [0.15, 0.2) is 0 Å². The molecule has 0 radical (unpaired) electrons. The molecule has 16 heavy (non-hydrogen) atoms. The van der Waals surface area contributed by atoms with Crippen molar-refractivity contribution >= 4 is 0 Å². The predicted octanol–water partition coefficient (Wildman–Crippen LogP) is 1.63. The standard InChI is InChI=1S/C13H26N2O/c1-10(2)14-12-5-4-7-15(9-12)13-6-8-16-11(13)3/h10-14H,4-9H2,1-3H3. The summed E-state index contributed by atoms with van der Waals surface area (Å²) in [5.41, 5.74) is 0. The maximum atomic E-state index is 5.67. The molecule has 0 amide bonds. The number of nitrogens with zero attached hydrogens (tertiary/aromatic N) is 1. The highest BCUT2D eigenvalue weighted by Crippen LogP contribution is 2.23. The quantitative estimate of drug-likeness (QED) is 0.791. The summed E-state index contributed by atoms with van der Waals surface area (Å²) in [4.78, 5) is 2.64. The first-order chi connectivity index (χ1) is 7.66. The van der Waals surface area contributed by atoms with Crippen molar-refractivity contribution < 1.29 is 4.74 Å². The minimum atomic E-state index is 0.429. The average molecular weight is 226 g/mol. The third-order valence-electron chi connectivity index (χ3n) is 3.83. The van der Waals surface area contributed by atoms with Gasteiger partial charge in [-0.15, -0.1) is 0 Å². The zero-order chi connectivity index (χ0) is 11.5. The molecule has 1 N–H and O–H groups in total. The van der Waals surface area contributed by atoms with Crippen LogP contribution in [0.1, 0.15) is 40.0 Å². The minimum Gasteiger partial charge on any atom is -0.377 e. The van der Waals surface area contributed by atoms with Crippen molar-refractivity contribution in [3.63, 3.8) is 0 Å². The molecular weight excluding hydrogens is 200 g/mol. The van der Waals surface area contributed by atoms with Gasteiger partial charge in [0.1, 0.15) is 0 Å². The van der Waals surface area contributed by atoms with E-state index in [-0.39, 0.29) is 0 Å². The normalized spacial score (nSPS) is 37.1. The maximum Gasteiger partial charge on any atom is 0.0703 e. The lowest BCUT2D eigenvalue weighted by molar-refractivity contribution is 0.0576. The van der Waals surface area contributed by atoms with E-state index in [0.717, 1.165) is 6.61 Å². The summed E-state index contributed by atoms with van der Waals surface area (Å²) in [5.74, 6) is 0. The smallest absolute Gasteiger partial charge is 0.0703 e. The molecule has 0 spiro atoms. The number of ether oxygens (including phenoxy) is 1. The Morgan fingerprint density at radius 3 is 2.75 bits per heavy atom. The first-order valence-corrected chi connectivity index (χ1v) is 6.78. The van der Waals surface area contributed by atoms with Crippen LogP contribution in [0, 0.1) is 0 Å². The average Bonchev–Trinajstić information content (AvgIpc) is 2.64. The Hall–Kier alpha value is -0.120. The Morgan fingerprint density at radius 2 is 2.12 bits per heavy atom. The van der Waals surface area contributed by atoms with Gasteiger partial charge in [0, 0.05) is 31.3 Å². The van der Waals surface area contributed by atoms with Gasteiger partial charge < -0.3 is 10.1 Å². The van der Waals surface area contributed by atoms with Gasteiger partial charge in [-0.1, -0.05) is 13.8 Å². The monoisotopic (exact) mass is 226 g/mol. The fourth-order valence-electron chi connectivity index (χ4n) is 3.12. The zero-order valence-corrected chi connectivity index (χ0v) is 10.9. The van der Waals surface area contributed by atoms with Crippen LogP contribution >= 0.6 is 0 Å². The van der Waals surface area contributed by atoms with Gasteiger partial charge in [-0.05, 0) is 32.7 Å². The number of hydrogen-bond acceptors (Lipinski definition) is 3. The van der Waals surface area contributed by atoms with Crippen molar-refractivity contribution in [1.82, 2.24) is 10.2 Å². The lowest BCUT2D eigenvalue weighted by Crippen LogP contribution is -2.52. The molecule has 2 fully saturated rings. The number of likely N-dealkylation sites (tertiary alicyclic amines) is 1. The predicted molar refractivity (Wildman–Crippen MR) is 66.7 cm³/mol. The largest absolute Gasteiger partial charge is 0.377 e. The van der Waals surface area contributed by atoms with E-state index in [1.54, 1.807) is 0 Å². The number of rotatable bonds is 3. The second-order valence-corrected chi connectivity index (χ2v) is 5.59. The molecule has 3 heteroatoms. The summed E-state index contributed by atoms with van der Waals surface area (Å²) in [7, 11) is 0. The van der Waals surface area contributed by atoms with Crippen LogP contribution in [0.2, 0.25) is 0 Å². The zero-order valence-electron chi connectivity index (χ0n) is 10.9. The Labute approximate surface area is 99.5 Å². The van der Waals surface area contributed by atoms with E-state index < -0.39 is 0 Å². The van der Waals surface area contributed by atoms with Gasteiger partial charge in [-0.3, -0.25) is 4.90 Å². The fraction of sp³-hybridized carbons (Fsp3) is 1.00. The van der Waals surface area contributed by atoms with Crippen LogP contribution in [-0.2, 0) is 4.74 Å². The lowest BCUT2D eigenvalue weighted by Gasteiger charge is -2.38. The van der Waals surface area contributed by atoms with E-state index in [1.807, 2.05) is 0 Å². The highest BCUT2D eigenvalue weighted by molar-refractivity contribution is 4.88. The molecular formula is C13H26N2O. The van der Waals surface area contributed by atoms with Crippen LogP contribution < -0.4 is 5.32 Å². The van der Waals surface area contributed by atoms with E-state index >= 15 is 0 Å². The van der Waals surface area contributed by atoms with Crippen molar-refractivity contribution in [3.8, 4) is 0 Å². The number of piperidine rings is 1. The van der Waals surface area contributed by atoms with E-state index in [2.05, 4.69) is 31.0 Å². The van der Waals surface area contributed by atoms with E-state index in [4.69, 9.17) is 4.74 Å². The molecule has 2 aliphatic heterocycles. The van der Waals surface area contributed by atoms with Gasteiger partial charge in [-0.25, -0.2) is 0 Å². The summed E-state index contributed by atoms with van der Waals surface area (Å²) < 4.78 is 5.67. The molecule has 0 aromatic carbocycles. The second kappa shape index (κ2) is 5.48. The molecule has 2 saturated heterocycles. The van der Waals surface area contributed by atoms with Crippen LogP contribution in [0.25, 0.3) is 0 Å². The molecule has 0 bridgehead atoms. The van der Waals surface area contributed by atoms with E-state index in [1.165, 1.54) is 32.4 Å². The molecule has 2 rings (SSSR count). The summed E-state index contributed by atoms with van der Waals surface area (Å²) in [6.45, 7) is 10.1. The van der Waals surface area contributed by atoms with Crippen molar-refractivity contribution in [2.75, 3.05) is 19.7 Å². The Bertz CT molecular complexity index is 220. The SMILES string of the molecule is CC(C)NC1CCCN(C2CCOC2C)C1. The van der Waals surface area contributed by atoms with Crippen LogP contribution in [-0.4, -0.2) is 48.8 Å². The number of nitrogens with one attached hydrogen (secondary N) is 1. The van der Waals surface area contributed by atoms with Crippen LogP contribution in [0.4, 0.5) is 0 Å². The van der Waals surface area contributed by atoms with Crippen LogP contribution in [0.15, 0.2) is 0 Å². The molecule has 94 valence electrons. The van der Waals surface area contributed by atoms with Gasteiger partial charge in [-0.2, -0.15) is 0 Å².